The van der Waals surface area contributed by atoms with Crippen molar-refractivity contribution < 1.29 is 14.0 Å². The van der Waals surface area contributed by atoms with Gasteiger partial charge in [0.15, 0.2) is 10.8 Å². The maximum atomic E-state index is 12.9. The Morgan fingerprint density at radius 3 is 2.30 bits per heavy atom. The molecule has 0 unspecified atom stereocenters. The van der Waals surface area contributed by atoms with E-state index in [2.05, 4.69) is 4.98 Å². The molecule has 0 aromatic carbocycles. The van der Waals surface area contributed by atoms with Crippen LogP contribution in [0.5, 0.6) is 0 Å². The highest BCUT2D eigenvalue weighted by molar-refractivity contribution is 7.15. The van der Waals surface area contributed by atoms with Gasteiger partial charge in [-0.2, -0.15) is 0 Å². The Balaban J connectivity index is 1.42. The van der Waals surface area contributed by atoms with E-state index < -0.39 is 0 Å². The predicted molar refractivity (Wildman–Crippen MR) is 105 cm³/mol. The highest BCUT2D eigenvalue weighted by atomic mass is 32.1. The van der Waals surface area contributed by atoms with Gasteiger partial charge in [0.25, 0.3) is 11.8 Å². The molecule has 2 amide bonds. The molecule has 0 radical (unpaired) electrons. The zero-order valence-electron chi connectivity index (χ0n) is 15.1. The Kier molecular flexibility index (Phi) is 4.84. The second kappa shape index (κ2) is 7.28. The first-order valence-electron chi connectivity index (χ1n) is 8.69. The lowest BCUT2D eigenvalue weighted by Crippen LogP contribution is -2.50. The summed E-state index contributed by atoms with van der Waals surface area (Å²) in [6.45, 7) is 6.00. The Hall–Kier alpha value is -2.45. The number of hydrogen-bond acceptors (Lipinski definition) is 6. The molecule has 3 aromatic rings. The van der Waals surface area contributed by atoms with E-state index in [4.69, 9.17) is 4.42 Å². The van der Waals surface area contributed by atoms with Crippen molar-refractivity contribution in [3.63, 3.8) is 0 Å². The van der Waals surface area contributed by atoms with Gasteiger partial charge in [0.1, 0.15) is 5.69 Å². The minimum atomic E-state index is -0.0828. The number of carbonyl (C=O) groups is 2. The van der Waals surface area contributed by atoms with Gasteiger partial charge >= 0.3 is 0 Å². The van der Waals surface area contributed by atoms with Crippen molar-refractivity contribution in [2.24, 2.45) is 0 Å². The van der Waals surface area contributed by atoms with Gasteiger partial charge in [-0.3, -0.25) is 9.59 Å². The van der Waals surface area contributed by atoms with Gasteiger partial charge in [0.05, 0.1) is 11.1 Å². The van der Waals surface area contributed by atoms with Crippen LogP contribution < -0.4 is 0 Å². The molecule has 4 heterocycles. The molecule has 4 rings (SSSR count). The first kappa shape index (κ1) is 17.9. The fourth-order valence-corrected chi connectivity index (χ4v) is 4.78. The first-order valence-corrected chi connectivity index (χ1v) is 10.3. The van der Waals surface area contributed by atoms with Gasteiger partial charge < -0.3 is 14.2 Å². The van der Waals surface area contributed by atoms with Crippen LogP contribution >= 0.6 is 22.7 Å². The minimum Gasteiger partial charge on any atom is -0.462 e. The Bertz CT molecular complexity index is 966. The quantitative estimate of drug-likeness (QED) is 0.671. The molecule has 0 atom stereocenters. The topological polar surface area (TPSA) is 66.7 Å². The normalized spacial score (nSPS) is 14.6. The lowest BCUT2D eigenvalue weighted by atomic mass is 10.2. The third-order valence-corrected chi connectivity index (χ3v) is 6.51. The summed E-state index contributed by atoms with van der Waals surface area (Å²) in [5.74, 6) is 0.634. The van der Waals surface area contributed by atoms with Crippen LogP contribution in [0.2, 0.25) is 0 Å². The van der Waals surface area contributed by atoms with E-state index in [1.165, 1.54) is 22.7 Å². The maximum absolute atomic E-state index is 12.9. The Labute approximate surface area is 165 Å². The molecule has 27 heavy (non-hydrogen) atoms. The van der Waals surface area contributed by atoms with Gasteiger partial charge in [-0.1, -0.05) is 0 Å². The van der Waals surface area contributed by atoms with Crippen LogP contribution in [0.4, 0.5) is 0 Å². The molecular formula is C19H19N3O3S2. The maximum Gasteiger partial charge on any atom is 0.273 e. The van der Waals surface area contributed by atoms with Crippen LogP contribution in [-0.4, -0.2) is 52.8 Å². The number of carbonyl (C=O) groups excluding carboxylic acids is 2. The summed E-state index contributed by atoms with van der Waals surface area (Å²) in [5, 5.41) is 0.711. The van der Waals surface area contributed by atoms with Crippen molar-refractivity contribution in [2.45, 2.75) is 13.8 Å². The standard InChI is InChI=1S/C19H19N3O3S2/c1-12-5-6-15(26-12)18(23)21-7-9-22(10-8-21)19(24)16-13(2)27-17(20-16)14-4-3-11-25-14/h3-6,11H,7-10H2,1-2H3. The zero-order chi connectivity index (χ0) is 19.0. The summed E-state index contributed by atoms with van der Waals surface area (Å²) in [4.78, 5) is 36.3. The molecular weight excluding hydrogens is 382 g/mol. The third kappa shape index (κ3) is 3.54. The molecule has 1 saturated heterocycles. The van der Waals surface area contributed by atoms with Gasteiger partial charge in [-0.05, 0) is 38.1 Å². The van der Waals surface area contributed by atoms with Crippen LogP contribution in [0.15, 0.2) is 34.9 Å². The van der Waals surface area contributed by atoms with Gasteiger partial charge in [0.2, 0.25) is 0 Å². The van der Waals surface area contributed by atoms with Crippen molar-refractivity contribution in [3.05, 3.63) is 50.9 Å². The highest BCUT2D eigenvalue weighted by Gasteiger charge is 2.28. The van der Waals surface area contributed by atoms with E-state index in [1.54, 1.807) is 17.2 Å². The molecule has 140 valence electrons. The van der Waals surface area contributed by atoms with Gasteiger partial charge in [-0.15, -0.1) is 22.7 Å². The van der Waals surface area contributed by atoms with Crippen LogP contribution in [0.3, 0.4) is 0 Å². The number of thiazole rings is 1. The van der Waals surface area contributed by atoms with E-state index in [9.17, 15) is 9.59 Å². The Morgan fingerprint density at radius 1 is 1.00 bits per heavy atom. The summed E-state index contributed by atoms with van der Waals surface area (Å²) in [7, 11) is 0. The van der Waals surface area contributed by atoms with E-state index in [-0.39, 0.29) is 11.8 Å². The lowest BCUT2D eigenvalue weighted by Gasteiger charge is -2.34. The minimum absolute atomic E-state index is 0.0464. The lowest BCUT2D eigenvalue weighted by molar-refractivity contribution is 0.0535. The van der Waals surface area contributed by atoms with Crippen LogP contribution in [0.1, 0.15) is 29.9 Å². The molecule has 1 fully saturated rings. The number of hydrogen-bond donors (Lipinski definition) is 0. The van der Waals surface area contributed by atoms with Crippen LogP contribution in [0.25, 0.3) is 10.8 Å². The van der Waals surface area contributed by atoms with Gasteiger partial charge in [-0.25, -0.2) is 4.98 Å². The number of thiophene rings is 1. The molecule has 0 saturated carbocycles. The smallest absolute Gasteiger partial charge is 0.273 e. The van der Waals surface area contributed by atoms with Crippen molar-refractivity contribution in [1.29, 1.82) is 0 Å². The molecule has 6 nitrogen and oxygen atoms in total. The summed E-state index contributed by atoms with van der Waals surface area (Å²) < 4.78 is 5.38. The fourth-order valence-electron chi connectivity index (χ4n) is 3.07. The molecule has 3 aromatic heterocycles. The van der Waals surface area contributed by atoms with E-state index >= 15 is 0 Å². The molecule has 8 heteroatoms. The summed E-state index contributed by atoms with van der Waals surface area (Å²) >= 11 is 2.96. The number of amides is 2. The van der Waals surface area contributed by atoms with E-state index in [0.29, 0.717) is 42.6 Å². The van der Waals surface area contributed by atoms with Crippen molar-refractivity contribution in [3.8, 4) is 10.8 Å². The molecule has 0 bridgehead atoms. The molecule has 0 spiro atoms. The third-order valence-electron chi connectivity index (χ3n) is 4.54. The number of aryl methyl sites for hydroxylation is 2. The second-order valence-electron chi connectivity index (χ2n) is 6.40. The molecule has 1 aliphatic heterocycles. The monoisotopic (exact) mass is 401 g/mol. The van der Waals surface area contributed by atoms with E-state index in [0.717, 1.165) is 14.6 Å². The number of nitrogens with zero attached hydrogens (tertiary/aromatic N) is 3. The second-order valence-corrected chi connectivity index (χ2v) is 8.89. The number of aromatic nitrogens is 1. The Morgan fingerprint density at radius 2 is 1.70 bits per heavy atom. The first-order chi connectivity index (χ1) is 13.0. The average molecular weight is 402 g/mol. The van der Waals surface area contributed by atoms with Crippen LogP contribution in [0, 0.1) is 13.8 Å². The zero-order valence-corrected chi connectivity index (χ0v) is 16.7. The molecule has 0 N–H and O–H groups in total. The molecule has 0 aliphatic carbocycles. The molecule has 1 aliphatic rings. The number of rotatable bonds is 3. The van der Waals surface area contributed by atoms with Gasteiger partial charge in [0, 0.05) is 35.9 Å². The number of furan rings is 1. The van der Waals surface area contributed by atoms with Crippen molar-refractivity contribution in [2.75, 3.05) is 26.2 Å². The largest absolute Gasteiger partial charge is 0.462 e. The highest BCUT2D eigenvalue weighted by Crippen LogP contribution is 2.29. The van der Waals surface area contributed by atoms with E-state index in [1.807, 2.05) is 36.9 Å². The summed E-state index contributed by atoms with van der Waals surface area (Å²) in [6, 6.07) is 7.47. The summed E-state index contributed by atoms with van der Waals surface area (Å²) in [5.41, 5.74) is 0.472. The van der Waals surface area contributed by atoms with Crippen LogP contribution in [-0.2, 0) is 0 Å². The fraction of sp³-hybridized carbons (Fsp3) is 0.316. The van der Waals surface area contributed by atoms with Crippen molar-refractivity contribution in [1.82, 2.24) is 14.8 Å². The predicted octanol–water partition coefficient (Wildman–Crippen LogP) is 3.68. The summed E-state index contributed by atoms with van der Waals surface area (Å²) in [6.07, 6.45) is 1.60. The van der Waals surface area contributed by atoms with Crippen molar-refractivity contribution >= 4 is 34.5 Å². The average Bonchev–Trinajstić information content (AvgIpc) is 3.41. The number of piperazine rings is 1. The SMILES string of the molecule is Cc1ccc(C(=O)N2CCN(C(=O)c3nc(-c4ccco4)sc3C)CC2)s1.